The molecule has 1 atom stereocenters. The van der Waals surface area contributed by atoms with E-state index in [4.69, 9.17) is 5.11 Å². The maximum atomic E-state index is 12.3. The van der Waals surface area contributed by atoms with E-state index in [1.54, 1.807) is 18.3 Å². The molecule has 0 aliphatic carbocycles. The molecule has 3 heterocycles. The number of aliphatic hydroxyl groups is 2. The van der Waals surface area contributed by atoms with Gasteiger partial charge in [0.1, 0.15) is 5.82 Å². The number of hydrogen-bond acceptors (Lipinski definition) is 11. The first-order valence-corrected chi connectivity index (χ1v) is 12.3. The molecule has 13 heteroatoms. The number of hydrogen-bond donors (Lipinski definition) is 5. The minimum Gasteiger partial charge on any atom is -0.400 e. The quantitative estimate of drug-likeness (QED) is 0.263. The molecule has 35 heavy (non-hydrogen) atoms. The van der Waals surface area contributed by atoms with Crippen molar-refractivity contribution >= 4 is 27.3 Å². The molecule has 4 aromatic rings. The Kier molecular flexibility index (Phi) is 7.29. The second-order valence-corrected chi connectivity index (χ2v) is 9.61. The lowest BCUT2D eigenvalue weighted by atomic mass is 10.1. The normalized spacial score (nSPS) is 15.9. The van der Waals surface area contributed by atoms with Crippen LogP contribution >= 0.6 is 0 Å². The van der Waals surface area contributed by atoms with Crippen LogP contribution in [0.25, 0.3) is 11.4 Å². The molecule has 0 saturated heterocycles. The van der Waals surface area contributed by atoms with Gasteiger partial charge in [-0.2, -0.15) is 10.2 Å². The van der Waals surface area contributed by atoms with Crippen LogP contribution in [0.5, 0.6) is 0 Å². The number of sulfone groups is 1. The molecule has 2 aromatic heterocycles. The van der Waals surface area contributed by atoms with E-state index in [1.165, 1.54) is 6.07 Å². The first-order valence-electron chi connectivity index (χ1n) is 10.6. The summed E-state index contributed by atoms with van der Waals surface area (Å²) >= 11 is 0. The number of aliphatic hydroxyl groups excluding tert-OH is 2. The van der Waals surface area contributed by atoms with Crippen molar-refractivity contribution in [3.05, 3.63) is 65.9 Å². The molecule has 5 rings (SSSR count). The Hall–Kier alpha value is -3.94. The van der Waals surface area contributed by atoms with Gasteiger partial charge in [-0.1, -0.05) is 30.3 Å². The molecule has 182 valence electrons. The van der Waals surface area contributed by atoms with Crippen molar-refractivity contribution in [2.45, 2.75) is 24.0 Å². The zero-order valence-electron chi connectivity index (χ0n) is 18.8. The molecule has 0 bridgehead atoms. The number of nitrogens with zero attached hydrogens (tertiary/aromatic N) is 5. The summed E-state index contributed by atoms with van der Waals surface area (Å²) in [5.74, 6) is 1.06. The second-order valence-electron chi connectivity index (χ2n) is 7.53. The van der Waals surface area contributed by atoms with Gasteiger partial charge in [-0.15, -0.1) is 10.2 Å². The first-order chi connectivity index (χ1) is 17.0. The topological polar surface area (TPSA) is 179 Å². The Balaban J connectivity index is 0.00000141. The molecule has 2 aromatic carbocycles. The number of tetrazole rings is 1. The molecule has 12 nitrogen and oxygen atoms in total. The van der Waals surface area contributed by atoms with Gasteiger partial charge in [0.15, 0.2) is 9.84 Å². The van der Waals surface area contributed by atoms with E-state index in [0.717, 1.165) is 12.7 Å². The fraction of sp³-hybridized carbons (Fsp3) is 0.227. The lowest BCUT2D eigenvalue weighted by Gasteiger charge is -2.22. The van der Waals surface area contributed by atoms with Crippen LogP contribution in [-0.2, 0) is 16.4 Å². The van der Waals surface area contributed by atoms with Gasteiger partial charge in [-0.3, -0.25) is 0 Å². The monoisotopic (exact) mass is 496 g/mol. The molecule has 1 unspecified atom stereocenters. The highest BCUT2D eigenvalue weighted by Gasteiger charge is 2.29. The van der Waals surface area contributed by atoms with Crippen LogP contribution in [0, 0.1) is 0 Å². The molecule has 1 aliphatic rings. The van der Waals surface area contributed by atoms with E-state index in [9.17, 15) is 13.5 Å². The van der Waals surface area contributed by atoms with E-state index in [0.29, 0.717) is 35.0 Å². The number of aromatic amines is 1. The third-order valence-electron chi connectivity index (χ3n) is 5.30. The van der Waals surface area contributed by atoms with Crippen molar-refractivity contribution in [1.29, 1.82) is 0 Å². The van der Waals surface area contributed by atoms with Crippen LogP contribution < -0.4 is 10.6 Å². The van der Waals surface area contributed by atoms with Gasteiger partial charge in [0.2, 0.25) is 11.8 Å². The lowest BCUT2D eigenvalue weighted by Crippen LogP contribution is -2.20. The SMILES string of the molecule is CO.O=S1(=O)CCC(O)c2cc(Nc3ncc(-c4nn[nH]n4)c(NCc4ccccc4)n3)ccc21. The van der Waals surface area contributed by atoms with Gasteiger partial charge in [0.25, 0.3) is 0 Å². The minimum absolute atomic E-state index is 0.0644. The van der Waals surface area contributed by atoms with Crippen LogP contribution in [0.15, 0.2) is 59.6 Å². The number of fused-ring (bicyclic) bond motifs is 1. The van der Waals surface area contributed by atoms with E-state index in [1.807, 2.05) is 30.3 Å². The third kappa shape index (κ3) is 5.42. The van der Waals surface area contributed by atoms with Crippen molar-refractivity contribution in [1.82, 2.24) is 30.6 Å². The summed E-state index contributed by atoms with van der Waals surface area (Å²) in [7, 11) is -2.39. The summed E-state index contributed by atoms with van der Waals surface area (Å²) in [5, 5.41) is 37.7. The van der Waals surface area contributed by atoms with Gasteiger partial charge < -0.3 is 20.8 Å². The molecule has 0 saturated carbocycles. The van der Waals surface area contributed by atoms with Gasteiger partial charge >= 0.3 is 0 Å². The highest BCUT2D eigenvalue weighted by molar-refractivity contribution is 7.91. The van der Waals surface area contributed by atoms with Crippen molar-refractivity contribution in [2.75, 3.05) is 23.5 Å². The highest BCUT2D eigenvalue weighted by Crippen LogP contribution is 2.34. The van der Waals surface area contributed by atoms with E-state index in [2.05, 4.69) is 41.2 Å². The van der Waals surface area contributed by atoms with Crippen molar-refractivity contribution in [3.63, 3.8) is 0 Å². The van der Waals surface area contributed by atoms with Crippen molar-refractivity contribution < 1.29 is 18.6 Å². The van der Waals surface area contributed by atoms with Gasteiger partial charge in [0.05, 0.1) is 22.3 Å². The minimum atomic E-state index is -3.39. The second kappa shape index (κ2) is 10.5. The Bertz CT molecular complexity index is 1380. The van der Waals surface area contributed by atoms with Crippen LogP contribution in [0.3, 0.4) is 0 Å². The lowest BCUT2D eigenvalue weighted by molar-refractivity contribution is 0.168. The summed E-state index contributed by atoms with van der Waals surface area (Å²) in [4.78, 5) is 9.06. The van der Waals surface area contributed by atoms with Crippen LogP contribution in [0.1, 0.15) is 23.7 Å². The average Bonchev–Trinajstić information content (AvgIpc) is 3.42. The smallest absolute Gasteiger partial charge is 0.229 e. The molecule has 0 radical (unpaired) electrons. The summed E-state index contributed by atoms with van der Waals surface area (Å²) < 4.78 is 24.6. The van der Waals surface area contributed by atoms with Crippen LogP contribution in [-0.4, -0.2) is 62.1 Å². The average molecular weight is 497 g/mol. The Morgan fingerprint density at radius 3 is 2.69 bits per heavy atom. The molecular weight excluding hydrogens is 472 g/mol. The molecule has 0 amide bonds. The number of rotatable bonds is 6. The highest BCUT2D eigenvalue weighted by atomic mass is 32.2. The number of aromatic nitrogens is 6. The Morgan fingerprint density at radius 1 is 1.14 bits per heavy atom. The van der Waals surface area contributed by atoms with Crippen LogP contribution in [0.2, 0.25) is 0 Å². The zero-order chi connectivity index (χ0) is 24.8. The zero-order valence-corrected chi connectivity index (χ0v) is 19.6. The molecule has 0 spiro atoms. The summed E-state index contributed by atoms with van der Waals surface area (Å²) in [6.07, 6.45) is 0.905. The van der Waals surface area contributed by atoms with Gasteiger partial charge in [-0.05, 0) is 35.4 Å². The number of anilines is 3. The van der Waals surface area contributed by atoms with Gasteiger partial charge in [-0.25, -0.2) is 13.4 Å². The predicted octanol–water partition coefficient (Wildman–Crippen LogP) is 1.83. The third-order valence-corrected chi connectivity index (χ3v) is 7.11. The molecule has 1 aliphatic heterocycles. The van der Waals surface area contributed by atoms with E-state index in [-0.39, 0.29) is 23.0 Å². The Morgan fingerprint density at radius 2 is 1.94 bits per heavy atom. The summed E-state index contributed by atoms with van der Waals surface area (Å²) in [6.45, 7) is 0.519. The number of nitrogens with one attached hydrogen (secondary N) is 3. The Labute approximate surface area is 201 Å². The molecule has 5 N–H and O–H groups in total. The maximum absolute atomic E-state index is 12.3. The largest absolute Gasteiger partial charge is 0.400 e. The molecule has 0 fully saturated rings. The number of H-pyrrole nitrogens is 1. The standard InChI is InChI=1S/C21H20N8O3S.CH4O/c30-17-8-9-33(31,32)18-7-6-14(10-15(17)18)24-21-23-12-16(20-26-28-29-27-20)19(25-21)22-11-13-4-2-1-3-5-13;1-2/h1-7,10,12,17,30H,8-9,11H2,(H2,22,23,24,25)(H,26,27,28,29);2H,1H3. The van der Waals surface area contributed by atoms with E-state index < -0.39 is 15.9 Å². The van der Waals surface area contributed by atoms with Gasteiger partial charge in [0, 0.05) is 31.1 Å². The summed E-state index contributed by atoms with van der Waals surface area (Å²) in [5.41, 5.74) is 2.56. The van der Waals surface area contributed by atoms with E-state index >= 15 is 0 Å². The molecular formula is C22H24N8O4S. The first kappa shape index (κ1) is 24.2. The summed E-state index contributed by atoms with van der Waals surface area (Å²) in [6, 6.07) is 14.6. The van der Waals surface area contributed by atoms with Crippen molar-refractivity contribution in [3.8, 4) is 11.4 Å². The van der Waals surface area contributed by atoms with Crippen LogP contribution in [0.4, 0.5) is 17.5 Å². The predicted molar refractivity (Wildman–Crippen MR) is 128 cm³/mol. The fourth-order valence-corrected chi connectivity index (χ4v) is 5.21. The fourth-order valence-electron chi connectivity index (χ4n) is 3.63. The maximum Gasteiger partial charge on any atom is 0.229 e. The number of benzene rings is 2. The van der Waals surface area contributed by atoms with Crippen molar-refractivity contribution in [2.24, 2.45) is 0 Å².